The minimum atomic E-state index is -0.555. The average molecular weight is 274 g/mol. The molecule has 0 saturated carbocycles. The van der Waals surface area contributed by atoms with Crippen LogP contribution >= 0.6 is 0 Å². The molecule has 3 N–H and O–H groups in total. The molecule has 0 bridgehead atoms. The van der Waals surface area contributed by atoms with Gasteiger partial charge in [-0.3, -0.25) is 9.59 Å². The number of aromatic nitrogens is 1. The van der Waals surface area contributed by atoms with Crippen LogP contribution in [0.3, 0.4) is 0 Å². The number of carbonyl (C=O) groups excluding carboxylic acids is 1. The Morgan fingerprint density at radius 2 is 2.10 bits per heavy atom. The highest BCUT2D eigenvalue weighted by atomic mass is 16.5. The molecule has 0 aliphatic heterocycles. The summed E-state index contributed by atoms with van der Waals surface area (Å²) in [5.74, 6) is -0.452. The molecule has 6 heteroatoms. The van der Waals surface area contributed by atoms with Crippen molar-refractivity contribution in [1.82, 2.24) is 4.57 Å². The Balaban J connectivity index is 1.96. The Labute approximate surface area is 115 Å². The average Bonchev–Trinajstić information content (AvgIpc) is 2.41. The van der Waals surface area contributed by atoms with Gasteiger partial charge in [-0.25, -0.2) is 0 Å². The van der Waals surface area contributed by atoms with E-state index in [0.29, 0.717) is 11.3 Å². The summed E-state index contributed by atoms with van der Waals surface area (Å²) in [6.07, 6.45) is 1.39. The van der Waals surface area contributed by atoms with Crippen LogP contribution in [0.5, 0.6) is 5.75 Å². The molecule has 20 heavy (non-hydrogen) atoms. The second kappa shape index (κ2) is 5.92. The van der Waals surface area contributed by atoms with Crippen LogP contribution < -0.4 is 11.3 Å². The van der Waals surface area contributed by atoms with Gasteiger partial charge < -0.3 is 20.1 Å². The minimum Gasteiger partial charge on any atom is -0.508 e. The molecule has 0 saturated heterocycles. The van der Waals surface area contributed by atoms with Crippen molar-refractivity contribution in [3.63, 3.8) is 0 Å². The summed E-state index contributed by atoms with van der Waals surface area (Å²) in [5.41, 5.74) is 6.28. The highest BCUT2D eigenvalue weighted by molar-refractivity contribution is 5.69. The molecule has 2 rings (SSSR count). The number of hydrogen-bond donors (Lipinski definition) is 2. The van der Waals surface area contributed by atoms with Gasteiger partial charge in [-0.15, -0.1) is 0 Å². The molecule has 0 fully saturated rings. The molecule has 1 aromatic heterocycles. The number of benzene rings is 1. The van der Waals surface area contributed by atoms with Crippen molar-refractivity contribution in [3.8, 4) is 5.75 Å². The maximum absolute atomic E-state index is 11.6. The molecule has 1 aromatic carbocycles. The van der Waals surface area contributed by atoms with Crippen molar-refractivity contribution < 1.29 is 14.6 Å². The number of esters is 1. The highest BCUT2D eigenvalue weighted by Gasteiger charge is 2.06. The van der Waals surface area contributed by atoms with Gasteiger partial charge in [0.25, 0.3) is 5.56 Å². The van der Waals surface area contributed by atoms with E-state index in [1.807, 2.05) is 0 Å². The molecule has 1 heterocycles. The largest absolute Gasteiger partial charge is 0.508 e. The number of nitrogens with two attached hydrogens (primary N) is 1. The predicted octanol–water partition coefficient (Wildman–Crippen LogP) is 0.879. The summed E-state index contributed by atoms with van der Waals surface area (Å²) in [5, 5.41) is 9.28. The Morgan fingerprint density at radius 3 is 2.85 bits per heavy atom. The fraction of sp³-hybridized carbons (Fsp3) is 0.143. The number of ether oxygens (including phenoxy) is 1. The van der Waals surface area contributed by atoms with Crippen LogP contribution in [0.1, 0.15) is 5.56 Å². The lowest BCUT2D eigenvalue weighted by Crippen LogP contribution is -2.24. The van der Waals surface area contributed by atoms with E-state index in [4.69, 9.17) is 10.5 Å². The SMILES string of the molecule is Nc1ccc(=O)n(CC(=O)OCc2cccc(O)c2)c1. The number of nitrogens with zero attached hydrogens (tertiary/aromatic N) is 1. The quantitative estimate of drug-likeness (QED) is 0.807. The number of carbonyl (C=O) groups is 1. The molecule has 0 amide bonds. The third kappa shape index (κ3) is 3.61. The summed E-state index contributed by atoms with van der Waals surface area (Å²) in [4.78, 5) is 23.1. The van der Waals surface area contributed by atoms with Gasteiger partial charge in [0.05, 0.1) is 0 Å². The Morgan fingerprint density at radius 1 is 1.30 bits per heavy atom. The normalized spacial score (nSPS) is 10.2. The topological polar surface area (TPSA) is 94.6 Å². The molecule has 0 aliphatic rings. The lowest BCUT2D eigenvalue weighted by atomic mass is 10.2. The van der Waals surface area contributed by atoms with Gasteiger partial charge in [-0.2, -0.15) is 0 Å². The second-order valence-electron chi connectivity index (χ2n) is 4.26. The summed E-state index contributed by atoms with van der Waals surface area (Å²) < 4.78 is 6.21. The van der Waals surface area contributed by atoms with Crippen molar-refractivity contribution in [3.05, 3.63) is 58.5 Å². The van der Waals surface area contributed by atoms with Crippen LogP contribution in [-0.2, 0) is 22.7 Å². The molecule has 0 aliphatic carbocycles. The van der Waals surface area contributed by atoms with Crippen LogP contribution in [-0.4, -0.2) is 15.6 Å². The lowest BCUT2D eigenvalue weighted by Gasteiger charge is -2.07. The highest BCUT2D eigenvalue weighted by Crippen LogP contribution is 2.11. The van der Waals surface area contributed by atoms with Crippen LogP contribution in [0, 0.1) is 0 Å². The van der Waals surface area contributed by atoms with E-state index in [9.17, 15) is 14.7 Å². The summed E-state index contributed by atoms with van der Waals surface area (Å²) >= 11 is 0. The van der Waals surface area contributed by atoms with Crippen LogP contribution in [0.15, 0.2) is 47.4 Å². The van der Waals surface area contributed by atoms with Gasteiger partial charge in [0.1, 0.15) is 18.9 Å². The van der Waals surface area contributed by atoms with Crippen LogP contribution in [0.4, 0.5) is 5.69 Å². The van der Waals surface area contributed by atoms with E-state index in [1.54, 1.807) is 12.1 Å². The fourth-order valence-electron chi connectivity index (χ4n) is 1.67. The molecule has 2 aromatic rings. The zero-order chi connectivity index (χ0) is 14.5. The summed E-state index contributed by atoms with van der Waals surface area (Å²) in [6, 6.07) is 9.16. The number of anilines is 1. The number of phenolic OH excluding ortho intramolecular Hbond substituents is 1. The summed E-state index contributed by atoms with van der Waals surface area (Å²) in [7, 11) is 0. The monoisotopic (exact) mass is 274 g/mol. The standard InChI is InChI=1S/C14H14N2O4/c15-11-4-5-13(18)16(7-11)8-14(19)20-9-10-2-1-3-12(17)6-10/h1-7,17H,8-9,15H2. The number of pyridine rings is 1. The predicted molar refractivity (Wildman–Crippen MR) is 73.0 cm³/mol. The van der Waals surface area contributed by atoms with Gasteiger partial charge >= 0.3 is 5.97 Å². The first-order chi connectivity index (χ1) is 9.54. The van der Waals surface area contributed by atoms with Gasteiger partial charge in [0.2, 0.25) is 0 Å². The van der Waals surface area contributed by atoms with Crippen LogP contribution in [0.25, 0.3) is 0 Å². The summed E-state index contributed by atoms with van der Waals surface area (Å²) in [6.45, 7) is -0.174. The molecular formula is C14H14N2O4. The molecule has 0 spiro atoms. The molecule has 6 nitrogen and oxygen atoms in total. The first-order valence-electron chi connectivity index (χ1n) is 5.94. The third-order valence-electron chi connectivity index (χ3n) is 2.62. The van der Waals surface area contributed by atoms with Gasteiger partial charge in [0.15, 0.2) is 0 Å². The molecule has 0 atom stereocenters. The van der Waals surface area contributed by atoms with Crippen molar-refractivity contribution in [2.24, 2.45) is 0 Å². The minimum absolute atomic E-state index is 0.0320. The van der Waals surface area contributed by atoms with Crippen molar-refractivity contribution in [2.75, 3.05) is 5.73 Å². The Kier molecular flexibility index (Phi) is 4.05. The maximum Gasteiger partial charge on any atom is 0.326 e. The van der Waals surface area contributed by atoms with Gasteiger partial charge in [-0.1, -0.05) is 12.1 Å². The van der Waals surface area contributed by atoms with Crippen LogP contribution in [0.2, 0.25) is 0 Å². The van der Waals surface area contributed by atoms with Crippen molar-refractivity contribution >= 4 is 11.7 Å². The molecule has 0 radical (unpaired) electrons. The molecular weight excluding hydrogens is 260 g/mol. The van der Waals surface area contributed by atoms with Gasteiger partial charge in [-0.05, 0) is 23.8 Å². The van der Waals surface area contributed by atoms with E-state index in [2.05, 4.69) is 0 Å². The zero-order valence-electron chi connectivity index (χ0n) is 10.7. The second-order valence-corrected chi connectivity index (χ2v) is 4.26. The van der Waals surface area contributed by atoms with E-state index in [-0.39, 0.29) is 24.5 Å². The smallest absolute Gasteiger partial charge is 0.326 e. The molecule has 0 unspecified atom stereocenters. The fourth-order valence-corrected chi connectivity index (χ4v) is 1.67. The number of phenols is 1. The van der Waals surface area contributed by atoms with Gasteiger partial charge in [0, 0.05) is 18.0 Å². The zero-order valence-corrected chi connectivity index (χ0v) is 10.7. The first-order valence-corrected chi connectivity index (χ1v) is 5.94. The number of hydrogen-bond acceptors (Lipinski definition) is 5. The lowest BCUT2D eigenvalue weighted by molar-refractivity contribution is -0.145. The van der Waals surface area contributed by atoms with E-state index in [1.165, 1.54) is 35.0 Å². The number of rotatable bonds is 4. The van der Waals surface area contributed by atoms with E-state index >= 15 is 0 Å². The number of nitrogen functional groups attached to an aromatic ring is 1. The van der Waals surface area contributed by atoms with Crippen molar-refractivity contribution in [2.45, 2.75) is 13.2 Å². The third-order valence-corrected chi connectivity index (χ3v) is 2.62. The Hall–Kier alpha value is -2.76. The first kappa shape index (κ1) is 13.7. The Bertz CT molecular complexity index is 679. The number of aromatic hydroxyl groups is 1. The van der Waals surface area contributed by atoms with E-state index < -0.39 is 5.97 Å². The van der Waals surface area contributed by atoms with Crippen molar-refractivity contribution in [1.29, 1.82) is 0 Å². The maximum atomic E-state index is 11.6. The van der Waals surface area contributed by atoms with E-state index in [0.717, 1.165) is 0 Å². The molecule has 104 valence electrons.